The van der Waals surface area contributed by atoms with Gasteiger partial charge in [0, 0.05) is 29.9 Å². The minimum Gasteiger partial charge on any atom is -0.348 e. The highest BCUT2D eigenvalue weighted by molar-refractivity contribution is 8.00. The highest BCUT2D eigenvalue weighted by Gasteiger charge is 2.23. The van der Waals surface area contributed by atoms with Crippen molar-refractivity contribution in [3.05, 3.63) is 63.6 Å². The number of amides is 1. The standard InChI is InChI=1S/C21H19N3O2S3/c1-13(19(25)23(2)3)29-21-22-18-17(15(12-28-18)16-10-7-11-27-16)20(26)24(21)14-8-5-4-6-9-14/h4-13H,1-3H3. The average Bonchev–Trinajstić information content (AvgIpc) is 3.37. The summed E-state index contributed by atoms with van der Waals surface area (Å²) in [5.74, 6) is -0.0191. The molecule has 0 saturated carbocycles. The maximum Gasteiger partial charge on any atom is 0.268 e. The summed E-state index contributed by atoms with van der Waals surface area (Å²) in [6, 6.07) is 13.5. The second kappa shape index (κ2) is 8.14. The van der Waals surface area contributed by atoms with Crippen molar-refractivity contribution >= 4 is 50.6 Å². The lowest BCUT2D eigenvalue weighted by molar-refractivity contribution is -0.127. The van der Waals surface area contributed by atoms with Crippen molar-refractivity contribution in [3.63, 3.8) is 0 Å². The van der Waals surface area contributed by atoms with Crippen molar-refractivity contribution < 1.29 is 4.79 Å². The molecule has 5 nitrogen and oxygen atoms in total. The SMILES string of the molecule is CC(Sc1nc2scc(-c3cccs3)c2c(=O)n1-c1ccccc1)C(=O)N(C)C. The smallest absolute Gasteiger partial charge is 0.268 e. The van der Waals surface area contributed by atoms with E-state index in [1.165, 1.54) is 23.1 Å². The van der Waals surface area contributed by atoms with Crippen LogP contribution >= 0.6 is 34.4 Å². The summed E-state index contributed by atoms with van der Waals surface area (Å²) >= 11 is 4.37. The second-order valence-electron chi connectivity index (χ2n) is 6.67. The largest absolute Gasteiger partial charge is 0.348 e. The minimum absolute atomic E-state index is 0.0191. The van der Waals surface area contributed by atoms with Gasteiger partial charge in [-0.1, -0.05) is 36.0 Å². The molecule has 0 saturated heterocycles. The van der Waals surface area contributed by atoms with Crippen LogP contribution in [0.2, 0.25) is 0 Å². The Bertz CT molecular complexity index is 1210. The molecule has 1 atom stereocenters. The summed E-state index contributed by atoms with van der Waals surface area (Å²) in [6.07, 6.45) is 0. The summed E-state index contributed by atoms with van der Waals surface area (Å²) in [5, 5.41) is 4.78. The van der Waals surface area contributed by atoms with Gasteiger partial charge in [-0.15, -0.1) is 22.7 Å². The minimum atomic E-state index is -0.360. The predicted molar refractivity (Wildman–Crippen MR) is 123 cm³/mol. The summed E-state index contributed by atoms with van der Waals surface area (Å²) in [4.78, 5) is 34.1. The lowest BCUT2D eigenvalue weighted by Gasteiger charge is -2.18. The fraction of sp³-hybridized carbons (Fsp3) is 0.190. The molecule has 0 aliphatic heterocycles. The van der Waals surface area contributed by atoms with Crippen LogP contribution in [0.15, 0.2) is 63.2 Å². The molecule has 8 heteroatoms. The van der Waals surface area contributed by atoms with Crippen LogP contribution in [0.5, 0.6) is 0 Å². The molecule has 4 rings (SSSR count). The quantitative estimate of drug-likeness (QED) is 0.331. The van der Waals surface area contributed by atoms with Crippen molar-refractivity contribution in [2.45, 2.75) is 17.3 Å². The highest BCUT2D eigenvalue weighted by atomic mass is 32.2. The van der Waals surface area contributed by atoms with Crippen LogP contribution in [0.4, 0.5) is 0 Å². The molecule has 1 amide bonds. The fourth-order valence-electron chi connectivity index (χ4n) is 3.04. The van der Waals surface area contributed by atoms with Crippen LogP contribution < -0.4 is 5.56 Å². The Hall–Kier alpha value is -2.42. The number of rotatable bonds is 5. The first kappa shape index (κ1) is 19.9. The van der Waals surface area contributed by atoms with E-state index in [2.05, 4.69) is 0 Å². The first-order chi connectivity index (χ1) is 14.0. The first-order valence-corrected chi connectivity index (χ1v) is 11.6. The van der Waals surface area contributed by atoms with Gasteiger partial charge in [-0.25, -0.2) is 4.98 Å². The molecule has 3 aromatic heterocycles. The number of benzene rings is 1. The zero-order valence-corrected chi connectivity index (χ0v) is 18.6. The highest BCUT2D eigenvalue weighted by Crippen LogP contribution is 2.35. The molecule has 1 unspecified atom stereocenters. The predicted octanol–water partition coefficient (Wildman–Crippen LogP) is 4.74. The lowest BCUT2D eigenvalue weighted by Crippen LogP contribution is -2.30. The van der Waals surface area contributed by atoms with Gasteiger partial charge >= 0.3 is 0 Å². The van der Waals surface area contributed by atoms with Gasteiger partial charge in [0.1, 0.15) is 4.83 Å². The maximum atomic E-state index is 13.6. The molecule has 0 radical (unpaired) electrons. The zero-order valence-electron chi connectivity index (χ0n) is 16.2. The monoisotopic (exact) mass is 441 g/mol. The van der Waals surface area contributed by atoms with Crippen LogP contribution in [-0.2, 0) is 4.79 Å². The Labute approximate surface area is 180 Å². The number of aromatic nitrogens is 2. The molecule has 1 aromatic carbocycles. The number of para-hydroxylation sites is 1. The summed E-state index contributed by atoms with van der Waals surface area (Å²) in [7, 11) is 3.46. The normalized spacial score (nSPS) is 12.2. The average molecular weight is 442 g/mol. The van der Waals surface area contributed by atoms with Gasteiger partial charge in [-0.05, 0) is 30.5 Å². The second-order valence-corrected chi connectivity index (χ2v) is 9.78. The summed E-state index contributed by atoms with van der Waals surface area (Å²) < 4.78 is 1.62. The van der Waals surface area contributed by atoms with E-state index in [4.69, 9.17) is 4.98 Å². The Morgan fingerprint density at radius 3 is 2.55 bits per heavy atom. The van der Waals surface area contributed by atoms with E-state index in [-0.39, 0.29) is 16.7 Å². The third-order valence-corrected chi connectivity index (χ3v) is 7.26. The number of fused-ring (bicyclic) bond motifs is 1. The summed E-state index contributed by atoms with van der Waals surface area (Å²) in [5.41, 5.74) is 1.54. The van der Waals surface area contributed by atoms with Crippen LogP contribution in [0, 0.1) is 0 Å². The molecular formula is C21H19N3O2S3. The van der Waals surface area contributed by atoms with Gasteiger partial charge in [0.05, 0.1) is 16.3 Å². The third kappa shape index (κ3) is 3.75. The van der Waals surface area contributed by atoms with Gasteiger partial charge in [-0.2, -0.15) is 0 Å². The fourth-order valence-corrected chi connectivity index (χ4v) is 5.92. The van der Waals surface area contributed by atoms with E-state index in [0.717, 1.165) is 16.1 Å². The molecule has 0 aliphatic carbocycles. The third-order valence-electron chi connectivity index (χ3n) is 4.45. The van der Waals surface area contributed by atoms with E-state index in [9.17, 15) is 9.59 Å². The summed E-state index contributed by atoms with van der Waals surface area (Å²) in [6.45, 7) is 1.84. The van der Waals surface area contributed by atoms with Crippen LogP contribution in [-0.4, -0.2) is 39.7 Å². The Kier molecular flexibility index (Phi) is 5.58. The van der Waals surface area contributed by atoms with Gasteiger partial charge in [0.2, 0.25) is 5.91 Å². The van der Waals surface area contributed by atoms with Crippen LogP contribution in [0.25, 0.3) is 26.3 Å². The van der Waals surface area contributed by atoms with Crippen molar-refractivity contribution in [1.29, 1.82) is 0 Å². The molecule has 148 valence electrons. The van der Waals surface area contributed by atoms with Crippen LogP contribution in [0.1, 0.15) is 6.92 Å². The number of thioether (sulfide) groups is 1. The molecule has 0 fully saturated rings. The zero-order chi connectivity index (χ0) is 20.5. The van der Waals surface area contributed by atoms with Crippen LogP contribution in [0.3, 0.4) is 0 Å². The molecule has 0 aliphatic rings. The number of carbonyl (C=O) groups is 1. The Balaban J connectivity index is 1.93. The van der Waals surface area contributed by atoms with E-state index in [1.54, 1.807) is 34.9 Å². The molecule has 4 aromatic rings. The van der Waals surface area contributed by atoms with E-state index < -0.39 is 0 Å². The van der Waals surface area contributed by atoms with E-state index >= 15 is 0 Å². The molecule has 29 heavy (non-hydrogen) atoms. The van der Waals surface area contributed by atoms with Gasteiger partial charge < -0.3 is 4.90 Å². The first-order valence-electron chi connectivity index (χ1n) is 8.98. The van der Waals surface area contributed by atoms with Gasteiger partial charge in [0.15, 0.2) is 5.16 Å². The van der Waals surface area contributed by atoms with Gasteiger partial charge in [-0.3, -0.25) is 14.2 Å². The van der Waals surface area contributed by atoms with Crippen molar-refractivity contribution in [3.8, 4) is 16.1 Å². The maximum absolute atomic E-state index is 13.6. The number of carbonyl (C=O) groups excluding carboxylic acids is 1. The van der Waals surface area contributed by atoms with Crippen molar-refractivity contribution in [1.82, 2.24) is 14.5 Å². The van der Waals surface area contributed by atoms with Gasteiger partial charge in [0.25, 0.3) is 5.56 Å². The van der Waals surface area contributed by atoms with Crippen molar-refractivity contribution in [2.24, 2.45) is 0 Å². The Morgan fingerprint density at radius 2 is 1.90 bits per heavy atom. The van der Waals surface area contributed by atoms with Crippen molar-refractivity contribution in [2.75, 3.05) is 14.1 Å². The van der Waals surface area contributed by atoms with E-state index in [0.29, 0.717) is 15.4 Å². The topological polar surface area (TPSA) is 55.2 Å². The number of hydrogen-bond donors (Lipinski definition) is 0. The molecule has 3 heterocycles. The number of thiophene rings is 2. The molecule has 0 N–H and O–H groups in total. The molecule has 0 bridgehead atoms. The number of nitrogens with zero attached hydrogens (tertiary/aromatic N) is 3. The molecular weight excluding hydrogens is 422 g/mol. The molecule has 0 spiro atoms. The lowest BCUT2D eigenvalue weighted by atomic mass is 10.2. The Morgan fingerprint density at radius 1 is 1.14 bits per heavy atom. The number of hydrogen-bond acceptors (Lipinski definition) is 6. The van der Waals surface area contributed by atoms with E-state index in [1.807, 2.05) is 60.1 Å².